The second-order valence-electron chi connectivity index (χ2n) is 4.93. The van der Waals surface area contributed by atoms with Crippen LogP contribution in [0.1, 0.15) is 31.2 Å². The molecule has 106 valence electrons. The highest BCUT2D eigenvalue weighted by atomic mass is 79.9. The predicted molar refractivity (Wildman–Crippen MR) is 79.2 cm³/mol. The molecule has 0 amide bonds. The van der Waals surface area contributed by atoms with Gasteiger partial charge in [-0.25, -0.2) is 8.42 Å². The average Bonchev–Trinajstić information content (AvgIpc) is 2.90. The number of benzene rings is 1. The molecule has 0 atom stereocenters. The smallest absolute Gasteiger partial charge is 0.244 e. The lowest BCUT2D eigenvalue weighted by atomic mass is 10.2. The van der Waals surface area contributed by atoms with E-state index >= 15 is 0 Å². The SMILES string of the molecule is CN(C1CCCC1)S(=O)(=O)c1ccc(CN)cc1Br. The number of nitrogens with zero attached hydrogens (tertiary/aromatic N) is 1. The zero-order chi connectivity index (χ0) is 14.0. The van der Waals surface area contributed by atoms with Gasteiger partial charge < -0.3 is 5.73 Å². The van der Waals surface area contributed by atoms with E-state index in [9.17, 15) is 8.42 Å². The lowest BCUT2D eigenvalue weighted by Gasteiger charge is -2.24. The number of sulfonamides is 1. The lowest BCUT2D eigenvalue weighted by Crippen LogP contribution is -2.35. The summed E-state index contributed by atoms with van der Waals surface area (Å²) >= 11 is 3.34. The molecule has 19 heavy (non-hydrogen) atoms. The van der Waals surface area contributed by atoms with E-state index in [2.05, 4.69) is 15.9 Å². The summed E-state index contributed by atoms with van der Waals surface area (Å²) in [6, 6.07) is 5.30. The van der Waals surface area contributed by atoms with Gasteiger partial charge in [0, 0.05) is 24.1 Å². The normalized spacial score (nSPS) is 17.3. The minimum absolute atomic E-state index is 0.131. The molecule has 2 rings (SSSR count). The van der Waals surface area contributed by atoms with Crippen LogP contribution in [0.5, 0.6) is 0 Å². The first-order chi connectivity index (χ1) is 8.96. The second kappa shape index (κ2) is 5.91. The summed E-state index contributed by atoms with van der Waals surface area (Å²) in [4.78, 5) is 0.319. The first-order valence-electron chi connectivity index (χ1n) is 6.43. The van der Waals surface area contributed by atoms with Crippen LogP contribution < -0.4 is 5.73 Å². The van der Waals surface area contributed by atoms with Crippen LogP contribution >= 0.6 is 15.9 Å². The molecule has 2 N–H and O–H groups in total. The van der Waals surface area contributed by atoms with E-state index in [1.807, 2.05) is 0 Å². The summed E-state index contributed by atoms with van der Waals surface area (Å²) in [5.74, 6) is 0. The van der Waals surface area contributed by atoms with Gasteiger partial charge in [0.25, 0.3) is 0 Å². The van der Waals surface area contributed by atoms with Crippen molar-refractivity contribution in [2.75, 3.05) is 7.05 Å². The maximum atomic E-state index is 12.6. The molecular formula is C13H19BrN2O2S. The van der Waals surface area contributed by atoms with Crippen molar-refractivity contribution in [2.45, 2.75) is 43.2 Å². The average molecular weight is 347 g/mol. The minimum Gasteiger partial charge on any atom is -0.326 e. The second-order valence-corrected chi connectivity index (χ2v) is 7.75. The van der Waals surface area contributed by atoms with Crippen LogP contribution in [0.2, 0.25) is 0 Å². The van der Waals surface area contributed by atoms with Gasteiger partial charge in [0.15, 0.2) is 0 Å². The third-order valence-corrected chi connectivity index (χ3v) is 6.61. The molecule has 6 heteroatoms. The lowest BCUT2D eigenvalue weighted by molar-refractivity contribution is 0.373. The van der Waals surface area contributed by atoms with Crippen molar-refractivity contribution in [3.05, 3.63) is 28.2 Å². The Labute approximate surface area is 123 Å². The van der Waals surface area contributed by atoms with Gasteiger partial charge >= 0.3 is 0 Å². The fourth-order valence-corrected chi connectivity index (χ4v) is 5.00. The summed E-state index contributed by atoms with van der Waals surface area (Å²) < 4.78 is 27.3. The Hall–Kier alpha value is -0.430. The summed E-state index contributed by atoms with van der Waals surface area (Å²) in [5.41, 5.74) is 6.47. The van der Waals surface area contributed by atoms with Crippen LogP contribution in [0.4, 0.5) is 0 Å². The molecule has 0 heterocycles. The van der Waals surface area contributed by atoms with Crippen molar-refractivity contribution >= 4 is 26.0 Å². The Morgan fingerprint density at radius 3 is 2.53 bits per heavy atom. The van der Waals surface area contributed by atoms with Crippen molar-refractivity contribution < 1.29 is 8.42 Å². The van der Waals surface area contributed by atoms with E-state index in [1.54, 1.807) is 25.2 Å². The van der Waals surface area contributed by atoms with Crippen LogP contribution in [-0.2, 0) is 16.6 Å². The van der Waals surface area contributed by atoms with Crippen molar-refractivity contribution in [3.8, 4) is 0 Å². The molecule has 0 aliphatic heterocycles. The fourth-order valence-electron chi connectivity index (χ4n) is 2.50. The largest absolute Gasteiger partial charge is 0.326 e. The number of nitrogens with two attached hydrogens (primary N) is 1. The number of hydrogen-bond acceptors (Lipinski definition) is 3. The molecule has 0 saturated heterocycles. The monoisotopic (exact) mass is 346 g/mol. The Bertz CT molecular complexity index is 554. The molecule has 1 aliphatic rings. The first kappa shape index (κ1) is 15.0. The number of halogens is 1. The van der Waals surface area contributed by atoms with Crippen molar-refractivity contribution in [2.24, 2.45) is 5.73 Å². The first-order valence-corrected chi connectivity index (χ1v) is 8.66. The molecule has 1 aromatic rings. The van der Waals surface area contributed by atoms with Crippen LogP contribution in [0.15, 0.2) is 27.6 Å². The van der Waals surface area contributed by atoms with Gasteiger partial charge in [-0.3, -0.25) is 0 Å². The Balaban J connectivity index is 2.33. The Morgan fingerprint density at radius 1 is 1.37 bits per heavy atom. The standard InChI is InChI=1S/C13H19BrN2O2S/c1-16(11-4-2-3-5-11)19(17,18)13-7-6-10(9-15)8-12(13)14/h6-8,11H,2-5,9,15H2,1H3. The van der Waals surface area contributed by atoms with E-state index in [-0.39, 0.29) is 6.04 Å². The molecule has 1 saturated carbocycles. The molecule has 1 fully saturated rings. The van der Waals surface area contributed by atoms with Gasteiger partial charge in [-0.05, 0) is 46.5 Å². The van der Waals surface area contributed by atoms with E-state index in [1.165, 1.54) is 4.31 Å². The van der Waals surface area contributed by atoms with Gasteiger partial charge in [0.05, 0.1) is 4.90 Å². The molecule has 0 radical (unpaired) electrons. The van der Waals surface area contributed by atoms with Crippen molar-refractivity contribution in [3.63, 3.8) is 0 Å². The highest BCUT2D eigenvalue weighted by Gasteiger charge is 2.31. The Morgan fingerprint density at radius 2 is 2.00 bits per heavy atom. The van der Waals surface area contributed by atoms with Crippen LogP contribution in [0.3, 0.4) is 0 Å². The van der Waals surface area contributed by atoms with Crippen LogP contribution in [0, 0.1) is 0 Å². The summed E-state index contributed by atoms with van der Waals surface area (Å²) in [6.07, 6.45) is 4.12. The molecular weight excluding hydrogens is 328 g/mol. The van der Waals surface area contributed by atoms with Gasteiger partial charge in [-0.2, -0.15) is 4.31 Å². The Kier molecular flexibility index (Phi) is 4.66. The van der Waals surface area contributed by atoms with E-state index in [4.69, 9.17) is 5.73 Å². The van der Waals surface area contributed by atoms with Crippen molar-refractivity contribution in [1.82, 2.24) is 4.31 Å². The van der Waals surface area contributed by atoms with Gasteiger partial charge in [-0.1, -0.05) is 18.9 Å². The fraction of sp³-hybridized carbons (Fsp3) is 0.538. The number of hydrogen-bond donors (Lipinski definition) is 1. The molecule has 4 nitrogen and oxygen atoms in total. The molecule has 1 aromatic carbocycles. The summed E-state index contributed by atoms with van der Waals surface area (Å²) in [7, 11) is -1.76. The van der Waals surface area contributed by atoms with Gasteiger partial charge in [0.1, 0.15) is 0 Å². The van der Waals surface area contributed by atoms with Crippen molar-refractivity contribution in [1.29, 1.82) is 0 Å². The van der Waals surface area contributed by atoms with Crippen LogP contribution in [0.25, 0.3) is 0 Å². The molecule has 0 aromatic heterocycles. The van der Waals surface area contributed by atoms with Crippen LogP contribution in [-0.4, -0.2) is 25.8 Å². The topological polar surface area (TPSA) is 63.4 Å². The third-order valence-electron chi connectivity index (χ3n) is 3.73. The van der Waals surface area contributed by atoms with Gasteiger partial charge in [-0.15, -0.1) is 0 Å². The predicted octanol–water partition coefficient (Wildman–Crippen LogP) is 2.47. The summed E-state index contributed by atoms with van der Waals surface area (Å²) in [5, 5.41) is 0. The minimum atomic E-state index is -3.43. The van der Waals surface area contributed by atoms with E-state index < -0.39 is 10.0 Å². The molecule has 0 unspecified atom stereocenters. The molecule has 0 spiro atoms. The maximum Gasteiger partial charge on any atom is 0.244 e. The zero-order valence-corrected chi connectivity index (χ0v) is 13.4. The third kappa shape index (κ3) is 3.02. The maximum absolute atomic E-state index is 12.6. The molecule has 1 aliphatic carbocycles. The highest BCUT2D eigenvalue weighted by molar-refractivity contribution is 9.10. The van der Waals surface area contributed by atoms with Gasteiger partial charge in [0.2, 0.25) is 10.0 Å². The highest BCUT2D eigenvalue weighted by Crippen LogP contribution is 2.30. The van der Waals surface area contributed by atoms with E-state index in [0.29, 0.717) is 15.9 Å². The number of rotatable bonds is 4. The van der Waals surface area contributed by atoms with E-state index in [0.717, 1.165) is 31.2 Å². The summed E-state index contributed by atoms with van der Waals surface area (Å²) in [6.45, 7) is 0.400. The molecule has 0 bridgehead atoms. The zero-order valence-electron chi connectivity index (χ0n) is 11.0. The quantitative estimate of drug-likeness (QED) is 0.910.